The second-order valence-electron chi connectivity index (χ2n) is 3.79. The van der Waals surface area contributed by atoms with E-state index < -0.39 is 0 Å². The molecule has 0 saturated carbocycles. The fraction of sp³-hybridized carbons (Fsp3) is 0.143. The summed E-state index contributed by atoms with van der Waals surface area (Å²) in [6.07, 6.45) is 0. The van der Waals surface area contributed by atoms with E-state index in [-0.39, 0.29) is 0 Å². The van der Waals surface area contributed by atoms with Crippen molar-refractivity contribution in [3.8, 4) is 5.75 Å². The zero-order chi connectivity index (χ0) is 13.0. The molecular weight excluding hydrogens is 269 g/mol. The quantitative estimate of drug-likeness (QED) is 0.883. The molecule has 94 valence electrons. The van der Waals surface area contributed by atoms with Crippen LogP contribution in [-0.4, -0.2) is 7.11 Å². The highest BCUT2D eigenvalue weighted by Gasteiger charge is 2.03. The van der Waals surface area contributed by atoms with Crippen LogP contribution in [0.2, 0.25) is 10.0 Å². The van der Waals surface area contributed by atoms with Crippen LogP contribution >= 0.6 is 23.2 Å². The lowest BCUT2D eigenvalue weighted by atomic mass is 10.2. The van der Waals surface area contributed by atoms with Crippen LogP contribution in [0.5, 0.6) is 5.75 Å². The van der Waals surface area contributed by atoms with Gasteiger partial charge in [-0.25, -0.2) is 0 Å². The summed E-state index contributed by atoms with van der Waals surface area (Å²) < 4.78 is 5.16. The van der Waals surface area contributed by atoms with Crippen LogP contribution in [0.3, 0.4) is 0 Å². The van der Waals surface area contributed by atoms with E-state index in [0.717, 1.165) is 22.0 Å². The highest BCUT2D eigenvalue weighted by atomic mass is 35.5. The molecule has 0 bridgehead atoms. The summed E-state index contributed by atoms with van der Waals surface area (Å²) in [4.78, 5) is 0. The molecule has 4 heteroatoms. The van der Waals surface area contributed by atoms with E-state index in [2.05, 4.69) is 5.32 Å². The van der Waals surface area contributed by atoms with Gasteiger partial charge >= 0.3 is 0 Å². The summed E-state index contributed by atoms with van der Waals surface area (Å²) in [5.41, 5.74) is 1.86. The van der Waals surface area contributed by atoms with Crippen LogP contribution in [0.1, 0.15) is 5.56 Å². The van der Waals surface area contributed by atoms with E-state index in [1.54, 1.807) is 13.2 Å². The van der Waals surface area contributed by atoms with Gasteiger partial charge in [-0.3, -0.25) is 0 Å². The molecule has 0 radical (unpaired) electrons. The molecule has 0 aliphatic rings. The van der Waals surface area contributed by atoms with Crippen LogP contribution < -0.4 is 10.1 Å². The summed E-state index contributed by atoms with van der Waals surface area (Å²) in [5.74, 6) is 0.765. The molecule has 0 aromatic heterocycles. The third-order valence-electron chi connectivity index (χ3n) is 2.60. The standard InChI is InChI=1S/C14H13Cl2NO/c1-18-11-6-7-13(16)14(8-11)17-9-10-4-2-3-5-12(10)15/h2-8,17H,9H2,1H3. The molecule has 0 unspecified atom stereocenters. The van der Waals surface area contributed by atoms with Gasteiger partial charge in [-0.15, -0.1) is 0 Å². The Bertz CT molecular complexity index is 543. The van der Waals surface area contributed by atoms with E-state index >= 15 is 0 Å². The number of nitrogens with one attached hydrogen (secondary N) is 1. The molecule has 0 fully saturated rings. The number of rotatable bonds is 4. The zero-order valence-corrected chi connectivity index (χ0v) is 11.4. The van der Waals surface area contributed by atoms with Crippen molar-refractivity contribution < 1.29 is 4.74 Å². The molecule has 2 nitrogen and oxygen atoms in total. The molecule has 2 rings (SSSR count). The Morgan fingerprint density at radius 1 is 1.06 bits per heavy atom. The average Bonchev–Trinajstić information content (AvgIpc) is 2.39. The fourth-order valence-electron chi connectivity index (χ4n) is 1.60. The highest BCUT2D eigenvalue weighted by molar-refractivity contribution is 6.33. The maximum absolute atomic E-state index is 6.11. The third-order valence-corrected chi connectivity index (χ3v) is 3.30. The number of ether oxygens (including phenoxy) is 1. The summed E-state index contributed by atoms with van der Waals surface area (Å²) >= 11 is 12.2. The Labute approximate surface area is 116 Å². The van der Waals surface area contributed by atoms with Crippen molar-refractivity contribution in [2.75, 3.05) is 12.4 Å². The van der Waals surface area contributed by atoms with Gasteiger partial charge in [0.15, 0.2) is 0 Å². The van der Waals surface area contributed by atoms with Gasteiger partial charge in [0.25, 0.3) is 0 Å². The number of halogens is 2. The number of benzene rings is 2. The van der Waals surface area contributed by atoms with Crippen molar-refractivity contribution in [1.82, 2.24) is 0 Å². The van der Waals surface area contributed by atoms with Gasteiger partial charge in [0.1, 0.15) is 5.75 Å². The SMILES string of the molecule is COc1ccc(Cl)c(NCc2ccccc2Cl)c1. The minimum atomic E-state index is 0.618. The normalized spacial score (nSPS) is 10.2. The Hall–Kier alpha value is -1.38. The molecule has 0 saturated heterocycles. The minimum Gasteiger partial charge on any atom is -0.497 e. The molecular formula is C14H13Cl2NO. The Balaban J connectivity index is 2.13. The van der Waals surface area contributed by atoms with E-state index in [4.69, 9.17) is 27.9 Å². The first-order chi connectivity index (χ1) is 8.70. The molecule has 0 amide bonds. The van der Waals surface area contributed by atoms with Gasteiger partial charge in [-0.2, -0.15) is 0 Å². The van der Waals surface area contributed by atoms with Crippen molar-refractivity contribution in [1.29, 1.82) is 0 Å². The average molecular weight is 282 g/mol. The van der Waals surface area contributed by atoms with Crippen molar-refractivity contribution in [2.24, 2.45) is 0 Å². The van der Waals surface area contributed by atoms with Gasteiger partial charge in [0.05, 0.1) is 17.8 Å². The van der Waals surface area contributed by atoms with Gasteiger partial charge in [-0.05, 0) is 23.8 Å². The van der Waals surface area contributed by atoms with Crippen molar-refractivity contribution >= 4 is 28.9 Å². The maximum atomic E-state index is 6.11. The monoisotopic (exact) mass is 281 g/mol. The molecule has 2 aromatic rings. The lowest BCUT2D eigenvalue weighted by Gasteiger charge is -2.11. The number of methoxy groups -OCH3 is 1. The van der Waals surface area contributed by atoms with Crippen LogP contribution in [0.4, 0.5) is 5.69 Å². The summed E-state index contributed by atoms with van der Waals surface area (Å²) in [6, 6.07) is 13.2. The lowest BCUT2D eigenvalue weighted by Crippen LogP contribution is -2.00. The Morgan fingerprint density at radius 2 is 1.83 bits per heavy atom. The van der Waals surface area contributed by atoms with Crippen molar-refractivity contribution in [2.45, 2.75) is 6.54 Å². The van der Waals surface area contributed by atoms with Gasteiger partial charge in [0.2, 0.25) is 0 Å². The molecule has 2 aromatic carbocycles. The predicted octanol–water partition coefficient (Wildman–Crippen LogP) is 4.61. The second-order valence-corrected chi connectivity index (χ2v) is 4.61. The molecule has 1 N–H and O–H groups in total. The van der Waals surface area contributed by atoms with Crippen molar-refractivity contribution in [3.05, 3.63) is 58.1 Å². The number of anilines is 1. The second kappa shape index (κ2) is 5.98. The van der Waals surface area contributed by atoms with Crippen LogP contribution in [-0.2, 0) is 6.54 Å². The topological polar surface area (TPSA) is 21.3 Å². The van der Waals surface area contributed by atoms with Crippen LogP contribution in [0.25, 0.3) is 0 Å². The molecule has 0 aliphatic carbocycles. The van der Waals surface area contributed by atoms with Gasteiger partial charge in [-0.1, -0.05) is 41.4 Å². The van der Waals surface area contributed by atoms with Crippen molar-refractivity contribution in [3.63, 3.8) is 0 Å². The molecule has 0 spiro atoms. The number of hydrogen-bond donors (Lipinski definition) is 1. The first-order valence-electron chi connectivity index (χ1n) is 5.51. The number of hydrogen-bond acceptors (Lipinski definition) is 2. The molecule has 0 heterocycles. The predicted molar refractivity (Wildman–Crippen MR) is 76.8 cm³/mol. The van der Waals surface area contributed by atoms with Crippen LogP contribution in [0.15, 0.2) is 42.5 Å². The third kappa shape index (κ3) is 3.09. The Kier molecular flexibility index (Phi) is 4.34. The molecule has 0 aliphatic heterocycles. The highest BCUT2D eigenvalue weighted by Crippen LogP contribution is 2.27. The zero-order valence-electron chi connectivity index (χ0n) is 9.91. The largest absolute Gasteiger partial charge is 0.497 e. The Morgan fingerprint density at radius 3 is 2.56 bits per heavy atom. The molecule has 18 heavy (non-hydrogen) atoms. The van der Waals surface area contributed by atoms with E-state index in [0.29, 0.717) is 11.6 Å². The smallest absolute Gasteiger partial charge is 0.121 e. The summed E-state index contributed by atoms with van der Waals surface area (Å²) in [5, 5.41) is 4.64. The van der Waals surface area contributed by atoms with Gasteiger partial charge in [0, 0.05) is 17.6 Å². The lowest BCUT2D eigenvalue weighted by molar-refractivity contribution is 0.415. The van der Waals surface area contributed by atoms with E-state index in [9.17, 15) is 0 Å². The minimum absolute atomic E-state index is 0.618. The summed E-state index contributed by atoms with van der Waals surface area (Å²) in [7, 11) is 1.63. The summed E-state index contributed by atoms with van der Waals surface area (Å²) in [6.45, 7) is 0.618. The van der Waals surface area contributed by atoms with Crippen LogP contribution in [0, 0.1) is 0 Å². The maximum Gasteiger partial charge on any atom is 0.121 e. The van der Waals surface area contributed by atoms with Gasteiger partial charge < -0.3 is 10.1 Å². The van der Waals surface area contributed by atoms with E-state index in [1.807, 2.05) is 36.4 Å². The van der Waals surface area contributed by atoms with E-state index in [1.165, 1.54) is 0 Å². The fourth-order valence-corrected chi connectivity index (χ4v) is 1.99. The first kappa shape index (κ1) is 13.1. The first-order valence-corrected chi connectivity index (χ1v) is 6.27. The molecule has 0 atom stereocenters.